The number of hydrogen-bond acceptors (Lipinski definition) is 7. The molecule has 1 aliphatic heterocycles. The van der Waals surface area contributed by atoms with Gasteiger partial charge in [-0.1, -0.05) is 11.6 Å². The summed E-state index contributed by atoms with van der Waals surface area (Å²) in [5, 5.41) is 19.0. The summed E-state index contributed by atoms with van der Waals surface area (Å²) in [7, 11) is -1.31. The van der Waals surface area contributed by atoms with Crippen LogP contribution in [0.2, 0.25) is 5.02 Å². The lowest BCUT2D eigenvalue weighted by Crippen LogP contribution is -2.31. The van der Waals surface area contributed by atoms with Crippen molar-refractivity contribution in [2.24, 2.45) is 0 Å². The van der Waals surface area contributed by atoms with Crippen LogP contribution < -0.4 is 14.9 Å². The fourth-order valence-corrected chi connectivity index (χ4v) is 3.02. The van der Waals surface area contributed by atoms with E-state index in [1.54, 1.807) is 0 Å². The van der Waals surface area contributed by atoms with Crippen LogP contribution in [0.4, 0.5) is 4.39 Å². The SMILES string of the molecule is CC(=O)CCCCOc1nc(Oc2cc(F)c3c(c2)COB3O)c(Cl)cc1C#N. The van der Waals surface area contributed by atoms with Gasteiger partial charge in [-0.15, -0.1) is 0 Å². The molecule has 2 heterocycles. The maximum absolute atomic E-state index is 14.2. The Kier molecular flexibility index (Phi) is 6.69. The molecule has 1 aliphatic rings. The molecular weight excluding hydrogens is 401 g/mol. The molecule has 0 saturated heterocycles. The van der Waals surface area contributed by atoms with E-state index in [2.05, 4.69) is 4.98 Å². The number of fused-ring (bicyclic) bond motifs is 1. The first-order valence-electron chi connectivity index (χ1n) is 8.91. The van der Waals surface area contributed by atoms with Gasteiger partial charge in [0.15, 0.2) is 0 Å². The quantitative estimate of drug-likeness (QED) is 0.519. The predicted molar refractivity (Wildman–Crippen MR) is 103 cm³/mol. The van der Waals surface area contributed by atoms with E-state index in [0.717, 1.165) is 6.07 Å². The average molecular weight is 419 g/mol. The Morgan fingerprint density at radius 2 is 2.21 bits per heavy atom. The lowest BCUT2D eigenvalue weighted by atomic mass is 9.79. The number of ether oxygens (including phenoxy) is 2. The molecular formula is C19H17BClFN2O5. The van der Waals surface area contributed by atoms with Crippen LogP contribution in [0.5, 0.6) is 17.5 Å². The minimum Gasteiger partial charge on any atom is -0.477 e. The zero-order chi connectivity index (χ0) is 21.0. The lowest BCUT2D eigenvalue weighted by Gasteiger charge is -2.12. The highest BCUT2D eigenvalue weighted by atomic mass is 35.5. The first-order chi connectivity index (χ1) is 13.9. The number of hydrogen-bond donors (Lipinski definition) is 1. The summed E-state index contributed by atoms with van der Waals surface area (Å²) in [5.41, 5.74) is 0.663. The molecule has 0 atom stereocenters. The Labute approximate surface area is 172 Å². The van der Waals surface area contributed by atoms with Gasteiger partial charge in [-0.05, 0) is 37.5 Å². The van der Waals surface area contributed by atoms with Crippen molar-refractivity contribution in [3.05, 3.63) is 40.2 Å². The number of carbonyl (C=O) groups is 1. The standard InChI is InChI=1S/C19H17BClFN2O5/c1-11(25)4-2-3-5-27-18-12(9-23)7-15(21)19(24-18)29-14-6-13-10-28-20(26)17(13)16(22)8-14/h6-8,26H,2-5,10H2,1H3. The van der Waals surface area contributed by atoms with Crippen LogP contribution in [0, 0.1) is 17.1 Å². The molecule has 0 radical (unpaired) electrons. The molecule has 1 aromatic carbocycles. The van der Waals surface area contributed by atoms with Crippen molar-refractivity contribution < 1.29 is 28.3 Å². The van der Waals surface area contributed by atoms with Gasteiger partial charge in [0.2, 0.25) is 11.8 Å². The van der Waals surface area contributed by atoms with Crippen molar-refractivity contribution in [2.75, 3.05) is 6.61 Å². The second-order valence-electron chi connectivity index (χ2n) is 6.49. The van der Waals surface area contributed by atoms with Gasteiger partial charge in [-0.25, -0.2) is 4.39 Å². The monoisotopic (exact) mass is 418 g/mol. The van der Waals surface area contributed by atoms with Gasteiger partial charge in [0.05, 0.1) is 13.2 Å². The summed E-state index contributed by atoms with van der Waals surface area (Å²) in [5.74, 6) is -0.472. The molecule has 0 aliphatic carbocycles. The highest BCUT2D eigenvalue weighted by Gasteiger charge is 2.31. The maximum atomic E-state index is 14.2. The summed E-state index contributed by atoms with van der Waals surface area (Å²) < 4.78 is 30.4. The summed E-state index contributed by atoms with van der Waals surface area (Å²) in [6.45, 7) is 1.83. The lowest BCUT2D eigenvalue weighted by molar-refractivity contribution is -0.117. The van der Waals surface area contributed by atoms with E-state index in [1.807, 2.05) is 6.07 Å². The van der Waals surface area contributed by atoms with Crippen LogP contribution in [0.25, 0.3) is 0 Å². The summed E-state index contributed by atoms with van der Waals surface area (Å²) in [6, 6.07) is 5.91. The Morgan fingerprint density at radius 3 is 2.93 bits per heavy atom. The molecule has 3 rings (SSSR count). The molecule has 10 heteroatoms. The number of Topliss-reactive ketones (excluding diaryl/α,β-unsaturated/α-hetero) is 1. The van der Waals surface area contributed by atoms with E-state index in [0.29, 0.717) is 24.8 Å². The molecule has 1 aromatic heterocycles. The van der Waals surface area contributed by atoms with Crippen molar-refractivity contribution >= 4 is 30.0 Å². The van der Waals surface area contributed by atoms with Gasteiger partial charge in [0.1, 0.15) is 34.0 Å². The molecule has 7 nitrogen and oxygen atoms in total. The number of nitrogens with zero attached hydrogens (tertiary/aromatic N) is 2. The van der Waals surface area contributed by atoms with Gasteiger partial charge in [-0.3, -0.25) is 0 Å². The predicted octanol–water partition coefficient (Wildman–Crippen LogP) is 2.89. The topological polar surface area (TPSA) is 102 Å². The Bertz CT molecular complexity index is 982. The molecule has 1 N–H and O–H groups in total. The molecule has 0 spiro atoms. The normalized spacial score (nSPS) is 12.4. The third-order valence-corrected chi connectivity index (χ3v) is 4.51. The summed E-state index contributed by atoms with van der Waals surface area (Å²) in [4.78, 5) is 15.1. The molecule has 0 saturated carbocycles. The molecule has 0 bridgehead atoms. The van der Waals surface area contributed by atoms with Crippen molar-refractivity contribution in [1.82, 2.24) is 4.98 Å². The minimum atomic E-state index is -1.31. The summed E-state index contributed by atoms with van der Waals surface area (Å²) >= 11 is 6.14. The number of pyridine rings is 1. The first kappa shape index (κ1) is 21.1. The molecule has 2 aromatic rings. The third-order valence-electron chi connectivity index (χ3n) is 4.24. The van der Waals surface area contributed by atoms with Crippen molar-refractivity contribution in [3.63, 3.8) is 0 Å². The number of nitriles is 1. The van der Waals surface area contributed by atoms with Crippen LogP contribution in [0.1, 0.15) is 37.3 Å². The van der Waals surface area contributed by atoms with Crippen LogP contribution in [0.3, 0.4) is 0 Å². The van der Waals surface area contributed by atoms with Crippen LogP contribution in [0.15, 0.2) is 18.2 Å². The molecule has 29 heavy (non-hydrogen) atoms. The second kappa shape index (κ2) is 9.22. The number of carbonyl (C=O) groups excluding carboxylic acids is 1. The Hall–Kier alpha value is -2.67. The smallest absolute Gasteiger partial charge is 0.477 e. The number of halogens is 2. The van der Waals surface area contributed by atoms with E-state index >= 15 is 0 Å². The number of aromatic nitrogens is 1. The zero-order valence-electron chi connectivity index (χ0n) is 15.6. The van der Waals surface area contributed by atoms with E-state index in [4.69, 9.17) is 25.7 Å². The number of ketones is 1. The molecule has 0 fully saturated rings. The minimum absolute atomic E-state index is 0.0371. The largest absolute Gasteiger partial charge is 0.494 e. The van der Waals surface area contributed by atoms with Gasteiger partial charge in [0, 0.05) is 17.9 Å². The van der Waals surface area contributed by atoms with Crippen molar-refractivity contribution in [3.8, 4) is 23.6 Å². The maximum Gasteiger partial charge on any atom is 0.494 e. The van der Waals surface area contributed by atoms with Crippen molar-refractivity contribution in [2.45, 2.75) is 32.8 Å². The van der Waals surface area contributed by atoms with Crippen LogP contribution >= 0.6 is 11.6 Å². The third kappa shape index (κ3) is 5.04. The highest BCUT2D eigenvalue weighted by molar-refractivity contribution is 6.61. The molecule has 0 amide bonds. The zero-order valence-corrected chi connectivity index (χ0v) is 16.3. The van der Waals surface area contributed by atoms with Crippen LogP contribution in [-0.2, 0) is 16.1 Å². The van der Waals surface area contributed by atoms with Gasteiger partial charge in [0.25, 0.3) is 0 Å². The number of unbranched alkanes of at least 4 members (excludes halogenated alkanes) is 1. The van der Waals surface area contributed by atoms with Gasteiger partial charge >= 0.3 is 7.12 Å². The average Bonchev–Trinajstić information content (AvgIpc) is 3.04. The van der Waals surface area contributed by atoms with E-state index in [1.165, 1.54) is 19.1 Å². The second-order valence-corrected chi connectivity index (χ2v) is 6.90. The van der Waals surface area contributed by atoms with Gasteiger partial charge < -0.3 is 23.9 Å². The van der Waals surface area contributed by atoms with E-state index < -0.39 is 12.9 Å². The van der Waals surface area contributed by atoms with E-state index in [9.17, 15) is 19.5 Å². The van der Waals surface area contributed by atoms with E-state index in [-0.39, 0.29) is 52.6 Å². The Morgan fingerprint density at radius 1 is 1.41 bits per heavy atom. The number of rotatable bonds is 8. The fourth-order valence-electron chi connectivity index (χ4n) is 2.83. The molecule has 0 unspecified atom stereocenters. The number of benzene rings is 1. The fraction of sp³-hybridized carbons (Fsp3) is 0.316. The molecule has 150 valence electrons. The van der Waals surface area contributed by atoms with Crippen LogP contribution in [-0.4, -0.2) is 29.5 Å². The summed E-state index contributed by atoms with van der Waals surface area (Å²) in [6.07, 6.45) is 1.74. The Balaban J connectivity index is 1.77. The highest BCUT2D eigenvalue weighted by Crippen LogP contribution is 2.33. The van der Waals surface area contributed by atoms with Crippen molar-refractivity contribution in [1.29, 1.82) is 5.26 Å². The first-order valence-corrected chi connectivity index (χ1v) is 9.29. The van der Waals surface area contributed by atoms with Gasteiger partial charge in [-0.2, -0.15) is 10.2 Å².